The molecule has 3 rings (SSSR count). The summed E-state index contributed by atoms with van der Waals surface area (Å²) in [4.78, 5) is 26.6. The van der Waals surface area contributed by atoms with Gasteiger partial charge in [-0.2, -0.15) is 0 Å². The molecule has 2 aliphatic rings. The molecule has 1 aromatic carbocycles. The highest BCUT2D eigenvalue weighted by Crippen LogP contribution is 2.18. The third-order valence-electron chi connectivity index (χ3n) is 5.08. The summed E-state index contributed by atoms with van der Waals surface area (Å²) in [6.07, 6.45) is 6.60. The molecule has 2 aliphatic heterocycles. The van der Waals surface area contributed by atoms with Crippen molar-refractivity contribution in [3.63, 3.8) is 0 Å². The predicted octanol–water partition coefficient (Wildman–Crippen LogP) is 1.43. The number of amides is 2. The van der Waals surface area contributed by atoms with E-state index in [1.54, 1.807) is 0 Å². The lowest BCUT2D eigenvalue weighted by molar-refractivity contribution is -0.137. The van der Waals surface area contributed by atoms with E-state index in [1.165, 1.54) is 6.42 Å². The molecule has 1 fully saturated rings. The van der Waals surface area contributed by atoms with E-state index in [4.69, 9.17) is 4.74 Å². The van der Waals surface area contributed by atoms with E-state index in [1.807, 2.05) is 47.4 Å². The molecule has 0 spiro atoms. The van der Waals surface area contributed by atoms with E-state index in [0.717, 1.165) is 31.5 Å². The number of nitrogens with one attached hydrogen (secondary N) is 1. The van der Waals surface area contributed by atoms with Crippen LogP contribution in [0.1, 0.15) is 31.2 Å². The predicted molar refractivity (Wildman–Crippen MR) is 102 cm³/mol. The zero-order valence-electron chi connectivity index (χ0n) is 15.5. The average molecular weight is 372 g/mol. The number of carbonyl (C=O) groups is 2. The van der Waals surface area contributed by atoms with E-state index in [-0.39, 0.29) is 37.4 Å². The first-order valence-corrected chi connectivity index (χ1v) is 9.71. The van der Waals surface area contributed by atoms with Crippen molar-refractivity contribution in [3.05, 3.63) is 48.0 Å². The maximum Gasteiger partial charge on any atom is 0.225 e. The third-order valence-corrected chi connectivity index (χ3v) is 5.08. The number of likely N-dealkylation sites (tertiary alicyclic amines) is 1. The van der Waals surface area contributed by atoms with Gasteiger partial charge >= 0.3 is 0 Å². The molecule has 0 saturated carbocycles. The Labute approximate surface area is 160 Å². The Balaban J connectivity index is 1.52. The van der Waals surface area contributed by atoms with Crippen molar-refractivity contribution in [1.82, 2.24) is 10.2 Å². The molecule has 0 aromatic heterocycles. The van der Waals surface area contributed by atoms with Gasteiger partial charge < -0.3 is 20.1 Å². The Morgan fingerprint density at radius 2 is 1.85 bits per heavy atom. The summed E-state index contributed by atoms with van der Waals surface area (Å²) in [7, 11) is 0. The monoisotopic (exact) mass is 372 g/mol. The highest BCUT2D eigenvalue weighted by atomic mass is 16.5. The van der Waals surface area contributed by atoms with Gasteiger partial charge in [0.05, 0.1) is 31.6 Å². The van der Waals surface area contributed by atoms with Crippen LogP contribution in [-0.2, 0) is 20.7 Å². The smallest absolute Gasteiger partial charge is 0.225 e. The van der Waals surface area contributed by atoms with Crippen LogP contribution in [0.5, 0.6) is 0 Å². The highest BCUT2D eigenvalue weighted by Gasteiger charge is 2.30. The molecular weight excluding hydrogens is 344 g/mol. The fourth-order valence-corrected chi connectivity index (χ4v) is 3.60. The van der Waals surface area contributed by atoms with Gasteiger partial charge in [-0.3, -0.25) is 9.59 Å². The van der Waals surface area contributed by atoms with Crippen LogP contribution < -0.4 is 5.32 Å². The number of hydrogen-bond acceptors (Lipinski definition) is 4. The summed E-state index contributed by atoms with van der Waals surface area (Å²) < 4.78 is 5.86. The number of aliphatic hydroxyl groups is 1. The average Bonchev–Trinajstić information content (AvgIpc) is 2.70. The Kier molecular flexibility index (Phi) is 7.01. The molecule has 2 N–H and O–H groups in total. The summed E-state index contributed by atoms with van der Waals surface area (Å²) in [5.41, 5.74) is 0.932. The van der Waals surface area contributed by atoms with Crippen molar-refractivity contribution >= 4 is 11.8 Å². The van der Waals surface area contributed by atoms with Crippen molar-refractivity contribution in [2.45, 2.75) is 50.4 Å². The molecular formula is C21H28N2O4. The van der Waals surface area contributed by atoms with Crippen molar-refractivity contribution in [2.75, 3.05) is 19.7 Å². The van der Waals surface area contributed by atoms with Crippen molar-refractivity contribution in [2.24, 2.45) is 0 Å². The quantitative estimate of drug-likeness (QED) is 0.741. The Morgan fingerprint density at radius 1 is 1.11 bits per heavy atom. The minimum atomic E-state index is -0.547. The maximum atomic E-state index is 12.4. The molecule has 3 atom stereocenters. The molecule has 6 nitrogen and oxygen atoms in total. The molecule has 0 unspecified atom stereocenters. The maximum absolute atomic E-state index is 12.4. The van der Waals surface area contributed by atoms with Gasteiger partial charge in [-0.05, 0) is 24.8 Å². The lowest BCUT2D eigenvalue weighted by atomic mass is 10.0. The number of piperidine rings is 1. The first kappa shape index (κ1) is 19.6. The van der Waals surface area contributed by atoms with Crippen LogP contribution in [0.2, 0.25) is 0 Å². The number of carbonyl (C=O) groups excluding carboxylic acids is 2. The van der Waals surface area contributed by atoms with Crippen LogP contribution in [0.4, 0.5) is 0 Å². The molecule has 146 valence electrons. The second-order valence-corrected chi connectivity index (χ2v) is 7.18. The molecule has 0 aliphatic carbocycles. The Morgan fingerprint density at radius 3 is 2.56 bits per heavy atom. The van der Waals surface area contributed by atoms with Crippen LogP contribution in [-0.4, -0.2) is 59.8 Å². The van der Waals surface area contributed by atoms with Gasteiger partial charge in [-0.15, -0.1) is 0 Å². The minimum Gasteiger partial charge on any atom is -0.394 e. The second kappa shape index (κ2) is 9.67. The molecule has 6 heteroatoms. The Bertz CT molecular complexity index is 655. The Hall–Kier alpha value is -2.18. The van der Waals surface area contributed by atoms with E-state index >= 15 is 0 Å². The van der Waals surface area contributed by atoms with E-state index < -0.39 is 12.1 Å². The van der Waals surface area contributed by atoms with Crippen LogP contribution in [0.3, 0.4) is 0 Å². The third kappa shape index (κ3) is 5.65. The number of hydrogen-bond donors (Lipinski definition) is 2. The van der Waals surface area contributed by atoms with E-state index in [2.05, 4.69) is 5.32 Å². The van der Waals surface area contributed by atoms with Gasteiger partial charge in [-0.1, -0.05) is 42.5 Å². The lowest BCUT2D eigenvalue weighted by Gasteiger charge is -2.33. The standard InChI is InChI=1S/C21H28N2O4/c24-15-19-18(22-20(25)13-16-7-3-1-4-8-16)10-9-17(27-19)14-21(26)23-11-5-2-6-12-23/h1,3-4,7-10,17-19,24H,2,5-6,11-15H2,(H,22,25)/t17-,18-,19-/m1/s1. The molecule has 0 bridgehead atoms. The SMILES string of the molecule is O=C(Cc1ccccc1)N[C@@H]1C=C[C@H](CC(=O)N2CCCCC2)O[C@@H]1CO. The highest BCUT2D eigenvalue weighted by molar-refractivity contribution is 5.79. The first-order chi connectivity index (χ1) is 13.2. The summed E-state index contributed by atoms with van der Waals surface area (Å²) in [6.45, 7) is 1.42. The summed E-state index contributed by atoms with van der Waals surface area (Å²) in [5.74, 6) is -0.0339. The van der Waals surface area contributed by atoms with Crippen LogP contribution >= 0.6 is 0 Å². The molecule has 1 saturated heterocycles. The topological polar surface area (TPSA) is 78.9 Å². The minimum absolute atomic E-state index is 0.0904. The number of nitrogens with zero attached hydrogens (tertiary/aromatic N) is 1. The molecule has 0 radical (unpaired) electrons. The number of ether oxygens (including phenoxy) is 1. The van der Waals surface area contributed by atoms with Crippen molar-refractivity contribution < 1.29 is 19.4 Å². The van der Waals surface area contributed by atoms with Gasteiger partial charge in [-0.25, -0.2) is 0 Å². The molecule has 2 heterocycles. The summed E-state index contributed by atoms with van der Waals surface area (Å²) in [5, 5.41) is 12.6. The zero-order valence-corrected chi connectivity index (χ0v) is 15.5. The first-order valence-electron chi connectivity index (χ1n) is 9.71. The van der Waals surface area contributed by atoms with Crippen LogP contribution in [0.25, 0.3) is 0 Å². The van der Waals surface area contributed by atoms with Gasteiger partial charge in [0, 0.05) is 13.1 Å². The van der Waals surface area contributed by atoms with Gasteiger partial charge in [0.1, 0.15) is 6.10 Å². The fourth-order valence-electron chi connectivity index (χ4n) is 3.60. The summed E-state index contributed by atoms with van der Waals surface area (Å²) in [6, 6.07) is 9.11. The number of aliphatic hydroxyl groups excluding tert-OH is 1. The van der Waals surface area contributed by atoms with Crippen molar-refractivity contribution in [1.29, 1.82) is 0 Å². The number of rotatable bonds is 6. The normalized spacial score (nSPS) is 25.2. The lowest BCUT2D eigenvalue weighted by Crippen LogP contribution is -2.49. The molecule has 2 amide bonds. The summed E-state index contributed by atoms with van der Waals surface area (Å²) >= 11 is 0. The molecule has 1 aromatic rings. The van der Waals surface area contributed by atoms with E-state index in [0.29, 0.717) is 0 Å². The van der Waals surface area contributed by atoms with Crippen molar-refractivity contribution in [3.8, 4) is 0 Å². The van der Waals surface area contributed by atoms with Crippen LogP contribution in [0, 0.1) is 0 Å². The largest absolute Gasteiger partial charge is 0.394 e. The molecule has 27 heavy (non-hydrogen) atoms. The van der Waals surface area contributed by atoms with E-state index in [9.17, 15) is 14.7 Å². The van der Waals surface area contributed by atoms with Gasteiger partial charge in [0.2, 0.25) is 11.8 Å². The van der Waals surface area contributed by atoms with Gasteiger partial charge in [0.15, 0.2) is 0 Å². The zero-order chi connectivity index (χ0) is 19.1. The van der Waals surface area contributed by atoms with Gasteiger partial charge in [0.25, 0.3) is 0 Å². The second-order valence-electron chi connectivity index (χ2n) is 7.18. The van der Waals surface area contributed by atoms with Crippen LogP contribution in [0.15, 0.2) is 42.5 Å². The fraction of sp³-hybridized carbons (Fsp3) is 0.524. The number of benzene rings is 1.